The highest BCUT2D eigenvalue weighted by molar-refractivity contribution is 5.91. The highest BCUT2D eigenvalue weighted by atomic mass is 16.3. The quantitative estimate of drug-likeness (QED) is 0.710. The van der Waals surface area contributed by atoms with Crippen molar-refractivity contribution in [3.63, 3.8) is 0 Å². The highest BCUT2D eigenvalue weighted by Crippen LogP contribution is 2.24. The van der Waals surface area contributed by atoms with Crippen molar-refractivity contribution in [2.24, 2.45) is 5.92 Å². The smallest absolute Gasteiger partial charge is 0.291 e. The van der Waals surface area contributed by atoms with Crippen LogP contribution in [0.25, 0.3) is 0 Å². The number of nitrogens with one attached hydrogen (secondary N) is 1. The topological polar surface area (TPSA) is 58.4 Å². The van der Waals surface area contributed by atoms with E-state index in [1.165, 1.54) is 12.6 Å². The molecule has 80 valence electrons. The van der Waals surface area contributed by atoms with Gasteiger partial charge in [-0.3, -0.25) is 4.79 Å². The predicted molar refractivity (Wildman–Crippen MR) is 52.3 cm³/mol. The van der Waals surface area contributed by atoms with Crippen molar-refractivity contribution in [1.82, 2.24) is 15.2 Å². The van der Waals surface area contributed by atoms with Gasteiger partial charge < -0.3 is 14.6 Å². The fourth-order valence-electron chi connectivity index (χ4n) is 2.28. The number of hydrogen-bond acceptors (Lipinski definition) is 4. The lowest BCUT2D eigenvalue weighted by molar-refractivity contribution is 0.0490. The van der Waals surface area contributed by atoms with Gasteiger partial charge in [-0.15, -0.1) is 0 Å². The molecule has 0 aromatic carbocycles. The molecule has 0 saturated carbocycles. The lowest BCUT2D eigenvalue weighted by Gasteiger charge is -2.45. The van der Waals surface area contributed by atoms with Crippen LogP contribution in [0, 0.1) is 5.92 Å². The maximum atomic E-state index is 11.9. The SMILES string of the molecule is O=C(c1cnco1)N1CCC2CNC2C1. The molecule has 2 atom stereocenters. The summed E-state index contributed by atoms with van der Waals surface area (Å²) in [4.78, 5) is 17.5. The summed E-state index contributed by atoms with van der Waals surface area (Å²) >= 11 is 0. The molecule has 3 heterocycles. The molecule has 0 aliphatic carbocycles. The van der Waals surface area contributed by atoms with E-state index in [1.54, 1.807) is 0 Å². The minimum absolute atomic E-state index is 0.0420. The van der Waals surface area contributed by atoms with Crippen molar-refractivity contribution < 1.29 is 9.21 Å². The summed E-state index contributed by atoms with van der Waals surface area (Å²) in [6, 6.07) is 0.491. The van der Waals surface area contributed by atoms with E-state index in [0.29, 0.717) is 11.8 Å². The Hall–Kier alpha value is -1.36. The Labute approximate surface area is 87.5 Å². The fraction of sp³-hybridized carbons (Fsp3) is 0.600. The monoisotopic (exact) mass is 207 g/mol. The first kappa shape index (κ1) is 8.91. The van der Waals surface area contributed by atoms with Gasteiger partial charge in [-0.2, -0.15) is 0 Å². The minimum Gasteiger partial charge on any atom is -0.438 e. The van der Waals surface area contributed by atoms with E-state index in [9.17, 15) is 4.79 Å². The third-order valence-electron chi connectivity index (χ3n) is 3.33. The molecule has 1 N–H and O–H groups in total. The van der Waals surface area contributed by atoms with Crippen LogP contribution in [-0.4, -0.2) is 41.5 Å². The maximum Gasteiger partial charge on any atom is 0.291 e. The van der Waals surface area contributed by atoms with Gasteiger partial charge in [0.1, 0.15) is 0 Å². The lowest BCUT2D eigenvalue weighted by Crippen LogP contribution is -2.62. The number of likely N-dealkylation sites (tertiary alicyclic amines) is 1. The molecule has 1 amide bonds. The van der Waals surface area contributed by atoms with E-state index in [4.69, 9.17) is 4.42 Å². The fourth-order valence-corrected chi connectivity index (χ4v) is 2.28. The molecule has 1 aromatic rings. The minimum atomic E-state index is -0.0420. The number of piperidine rings is 1. The van der Waals surface area contributed by atoms with Crippen LogP contribution in [0.15, 0.2) is 17.0 Å². The van der Waals surface area contributed by atoms with Crippen molar-refractivity contribution in [1.29, 1.82) is 0 Å². The standard InChI is InChI=1S/C10H13N3O2/c14-10(9-4-11-6-15-9)13-2-1-7-3-12-8(7)5-13/h4,6-8,12H,1-3,5H2. The molecule has 3 rings (SSSR count). The van der Waals surface area contributed by atoms with Crippen LogP contribution in [0.1, 0.15) is 17.0 Å². The highest BCUT2D eigenvalue weighted by Gasteiger charge is 2.37. The number of amides is 1. The zero-order valence-electron chi connectivity index (χ0n) is 8.35. The molecule has 0 radical (unpaired) electrons. The Morgan fingerprint density at radius 3 is 3.20 bits per heavy atom. The average molecular weight is 207 g/mol. The van der Waals surface area contributed by atoms with Gasteiger partial charge in [-0.1, -0.05) is 0 Å². The van der Waals surface area contributed by atoms with Gasteiger partial charge >= 0.3 is 0 Å². The molecule has 2 aliphatic rings. The summed E-state index contributed by atoms with van der Waals surface area (Å²) in [6.07, 6.45) is 3.86. The van der Waals surface area contributed by atoms with Crippen molar-refractivity contribution in [3.8, 4) is 0 Å². The number of fused-ring (bicyclic) bond motifs is 1. The van der Waals surface area contributed by atoms with Gasteiger partial charge in [0.25, 0.3) is 5.91 Å². The first-order valence-electron chi connectivity index (χ1n) is 5.26. The third kappa shape index (κ3) is 1.43. The Morgan fingerprint density at radius 2 is 2.60 bits per heavy atom. The third-order valence-corrected chi connectivity index (χ3v) is 3.33. The number of aromatic nitrogens is 1. The van der Waals surface area contributed by atoms with Crippen molar-refractivity contribution in [3.05, 3.63) is 18.4 Å². The molecule has 2 saturated heterocycles. The normalized spacial score (nSPS) is 29.5. The van der Waals surface area contributed by atoms with E-state index in [-0.39, 0.29) is 5.91 Å². The van der Waals surface area contributed by atoms with Crippen LogP contribution in [0.4, 0.5) is 0 Å². The number of nitrogens with zero attached hydrogens (tertiary/aromatic N) is 2. The van der Waals surface area contributed by atoms with Gasteiger partial charge in [0, 0.05) is 19.1 Å². The van der Waals surface area contributed by atoms with E-state index in [1.807, 2.05) is 4.90 Å². The lowest BCUT2D eigenvalue weighted by atomic mass is 9.85. The number of oxazole rings is 1. The predicted octanol–water partition coefficient (Wildman–Crippen LogP) is 0.108. The van der Waals surface area contributed by atoms with Crippen LogP contribution in [-0.2, 0) is 0 Å². The molecule has 1 aromatic heterocycles. The van der Waals surface area contributed by atoms with E-state index in [2.05, 4.69) is 10.3 Å². The van der Waals surface area contributed by atoms with Crippen molar-refractivity contribution in [2.45, 2.75) is 12.5 Å². The molecular formula is C10H13N3O2. The van der Waals surface area contributed by atoms with E-state index >= 15 is 0 Å². The van der Waals surface area contributed by atoms with Crippen LogP contribution in [0.5, 0.6) is 0 Å². The summed E-state index contributed by atoms with van der Waals surface area (Å²) < 4.78 is 5.01. The Kier molecular flexibility index (Phi) is 1.98. The van der Waals surface area contributed by atoms with Gasteiger partial charge in [0.15, 0.2) is 6.39 Å². The molecule has 5 heteroatoms. The molecule has 5 nitrogen and oxygen atoms in total. The zero-order valence-corrected chi connectivity index (χ0v) is 8.35. The van der Waals surface area contributed by atoms with Gasteiger partial charge in [-0.25, -0.2) is 4.98 Å². The second-order valence-corrected chi connectivity index (χ2v) is 4.18. The van der Waals surface area contributed by atoms with Crippen LogP contribution in [0.3, 0.4) is 0 Å². The summed E-state index contributed by atoms with van der Waals surface area (Å²) in [6.45, 7) is 2.74. The second-order valence-electron chi connectivity index (χ2n) is 4.18. The number of carbonyl (C=O) groups excluding carboxylic acids is 1. The van der Waals surface area contributed by atoms with Crippen LogP contribution in [0.2, 0.25) is 0 Å². The maximum absolute atomic E-state index is 11.9. The average Bonchev–Trinajstić information content (AvgIpc) is 2.72. The van der Waals surface area contributed by atoms with Gasteiger partial charge in [-0.05, 0) is 18.9 Å². The van der Waals surface area contributed by atoms with Crippen molar-refractivity contribution in [2.75, 3.05) is 19.6 Å². The molecule has 0 bridgehead atoms. The number of carbonyl (C=O) groups is 1. The number of rotatable bonds is 1. The summed E-state index contributed by atoms with van der Waals surface area (Å²) in [5.74, 6) is 1.07. The van der Waals surface area contributed by atoms with Gasteiger partial charge in [0.2, 0.25) is 5.76 Å². The summed E-state index contributed by atoms with van der Waals surface area (Å²) in [7, 11) is 0. The largest absolute Gasteiger partial charge is 0.438 e. The van der Waals surface area contributed by atoms with Crippen LogP contribution < -0.4 is 5.32 Å². The zero-order chi connectivity index (χ0) is 10.3. The van der Waals surface area contributed by atoms with E-state index in [0.717, 1.165) is 32.0 Å². The molecular weight excluding hydrogens is 194 g/mol. The second kappa shape index (κ2) is 3.34. The molecule has 2 fully saturated rings. The molecule has 0 spiro atoms. The summed E-state index contributed by atoms with van der Waals surface area (Å²) in [5.41, 5.74) is 0. The first-order valence-corrected chi connectivity index (χ1v) is 5.26. The Bertz CT molecular complexity index is 363. The van der Waals surface area contributed by atoms with Crippen LogP contribution >= 0.6 is 0 Å². The first-order chi connectivity index (χ1) is 7.34. The van der Waals surface area contributed by atoms with Crippen molar-refractivity contribution >= 4 is 5.91 Å². The Balaban J connectivity index is 1.70. The molecule has 2 unspecified atom stereocenters. The summed E-state index contributed by atoms with van der Waals surface area (Å²) in [5, 5.41) is 3.34. The number of hydrogen-bond donors (Lipinski definition) is 1. The molecule has 2 aliphatic heterocycles. The molecule has 15 heavy (non-hydrogen) atoms. The van der Waals surface area contributed by atoms with E-state index < -0.39 is 0 Å². The Morgan fingerprint density at radius 1 is 1.67 bits per heavy atom. The van der Waals surface area contributed by atoms with Gasteiger partial charge in [0.05, 0.1) is 6.20 Å².